The van der Waals surface area contributed by atoms with E-state index >= 15 is 0 Å². The van der Waals surface area contributed by atoms with Gasteiger partial charge in [-0.25, -0.2) is 0 Å². The number of aliphatic hydroxyl groups is 2. The molecule has 39 heavy (non-hydrogen) atoms. The molecule has 1 saturated carbocycles. The molecule has 4 atom stereocenters. The topological polar surface area (TPSA) is 193 Å². The number of allylic oxidation sites excluding steroid dienone is 4. The Morgan fingerprint density at radius 1 is 1.18 bits per heavy atom. The van der Waals surface area contributed by atoms with E-state index in [4.69, 9.17) is 10.3 Å². The van der Waals surface area contributed by atoms with Crippen molar-refractivity contribution in [3.63, 3.8) is 0 Å². The number of primary amides is 1. The van der Waals surface area contributed by atoms with Gasteiger partial charge in [-0.15, -0.1) is 0 Å². The third kappa shape index (κ3) is 3.76. The van der Waals surface area contributed by atoms with Gasteiger partial charge in [-0.2, -0.15) is 0 Å². The standard InChI is InChI=1S/C28H27N3O8/c1-11(2)8-14-15-10-13-9-12-4-5-16(31-27(38)17-6-7-30-39-17)22(33)18(12)23(34)19(13)24(35)28(15,3)25(36)20(21(14)32)26(29)37/h4-8,13-15,33-34,36H,9-10H2,1-3H3,(H2,29,37)(H,31,38)/t13-,14-,15-,28+/m0/s1. The molecule has 1 aromatic heterocycles. The Hall–Kier alpha value is -4.67. The number of hydrogen-bond donors (Lipinski definition) is 5. The SMILES string of the molecule is CC(C)=C[C@@H]1C(=O)C(C(N)=O)=C(O)[C@@]2(C)C(=O)C3=C(O)c4c(ccc(NC(=O)c5ccno5)c4O)C[C@H]3C[C@@H]12. The zero-order chi connectivity index (χ0) is 28.4. The molecule has 0 bridgehead atoms. The van der Waals surface area contributed by atoms with E-state index in [9.17, 15) is 34.5 Å². The van der Waals surface area contributed by atoms with Crippen molar-refractivity contribution < 1.29 is 39.0 Å². The van der Waals surface area contributed by atoms with Crippen LogP contribution < -0.4 is 11.1 Å². The lowest BCUT2D eigenvalue weighted by Gasteiger charge is -2.50. The number of phenols is 1. The number of nitrogens with zero attached hydrogens (tertiary/aromatic N) is 1. The quantitative estimate of drug-likeness (QED) is 0.223. The van der Waals surface area contributed by atoms with Crippen molar-refractivity contribution >= 4 is 34.8 Å². The third-order valence-electron chi connectivity index (χ3n) is 8.01. The Bertz CT molecular complexity index is 1540. The monoisotopic (exact) mass is 533 g/mol. The summed E-state index contributed by atoms with van der Waals surface area (Å²) in [7, 11) is 0. The van der Waals surface area contributed by atoms with Crippen LogP contribution >= 0.6 is 0 Å². The molecule has 11 heteroatoms. The molecule has 5 rings (SSSR count). The van der Waals surface area contributed by atoms with Crippen LogP contribution in [0.25, 0.3) is 5.76 Å². The minimum Gasteiger partial charge on any atom is -0.510 e. The number of Topliss-reactive ketones (excluding diaryl/α,β-unsaturated/α-hetero) is 2. The molecule has 0 aliphatic heterocycles. The first-order chi connectivity index (χ1) is 18.4. The van der Waals surface area contributed by atoms with E-state index in [0.29, 0.717) is 5.56 Å². The van der Waals surface area contributed by atoms with Gasteiger partial charge in [0.25, 0.3) is 11.8 Å². The fourth-order valence-corrected chi connectivity index (χ4v) is 6.17. The van der Waals surface area contributed by atoms with Gasteiger partial charge in [-0.05, 0) is 57.1 Å². The molecule has 2 aromatic rings. The predicted octanol–water partition coefficient (Wildman–Crippen LogP) is 3.13. The van der Waals surface area contributed by atoms with Crippen molar-refractivity contribution in [2.75, 3.05) is 5.32 Å². The molecule has 0 radical (unpaired) electrons. The van der Waals surface area contributed by atoms with E-state index < -0.39 is 69.4 Å². The number of aromatic hydroxyl groups is 1. The highest BCUT2D eigenvalue weighted by molar-refractivity contribution is 6.23. The summed E-state index contributed by atoms with van der Waals surface area (Å²) >= 11 is 0. The van der Waals surface area contributed by atoms with E-state index in [2.05, 4.69) is 10.5 Å². The molecule has 2 amide bonds. The molecular weight excluding hydrogens is 506 g/mol. The summed E-state index contributed by atoms with van der Waals surface area (Å²) in [4.78, 5) is 52.0. The number of carbonyl (C=O) groups excluding carboxylic acids is 4. The van der Waals surface area contributed by atoms with E-state index in [-0.39, 0.29) is 35.4 Å². The molecule has 11 nitrogen and oxygen atoms in total. The fourth-order valence-electron chi connectivity index (χ4n) is 6.17. The Morgan fingerprint density at radius 2 is 1.90 bits per heavy atom. The minimum absolute atomic E-state index is 0.0289. The maximum Gasteiger partial charge on any atom is 0.294 e. The highest BCUT2D eigenvalue weighted by atomic mass is 16.5. The Balaban J connectivity index is 1.64. The number of ketones is 2. The number of aromatic nitrogens is 1. The fraction of sp³-hybridized carbons (Fsp3) is 0.321. The molecule has 0 spiro atoms. The second-order valence-corrected chi connectivity index (χ2v) is 10.6. The third-order valence-corrected chi connectivity index (χ3v) is 8.01. The van der Waals surface area contributed by atoms with Gasteiger partial charge in [-0.1, -0.05) is 22.9 Å². The summed E-state index contributed by atoms with van der Waals surface area (Å²) in [5.41, 5.74) is 4.34. The van der Waals surface area contributed by atoms with Crippen LogP contribution in [0.4, 0.5) is 5.69 Å². The largest absolute Gasteiger partial charge is 0.510 e. The first kappa shape index (κ1) is 26.0. The summed E-state index contributed by atoms with van der Waals surface area (Å²) in [5, 5.41) is 39.5. The smallest absolute Gasteiger partial charge is 0.294 e. The normalized spacial score (nSPS) is 26.0. The van der Waals surface area contributed by atoms with Crippen LogP contribution in [0.2, 0.25) is 0 Å². The Kier molecular flexibility index (Phi) is 5.97. The first-order valence-electron chi connectivity index (χ1n) is 12.4. The van der Waals surface area contributed by atoms with Gasteiger partial charge in [0.05, 0.1) is 22.9 Å². The molecule has 1 heterocycles. The highest BCUT2D eigenvalue weighted by Gasteiger charge is 2.61. The number of rotatable bonds is 4. The van der Waals surface area contributed by atoms with E-state index in [0.717, 1.165) is 5.57 Å². The van der Waals surface area contributed by atoms with Gasteiger partial charge >= 0.3 is 0 Å². The number of hydrogen-bond acceptors (Lipinski definition) is 9. The van der Waals surface area contributed by atoms with E-state index in [1.165, 1.54) is 25.3 Å². The van der Waals surface area contributed by atoms with Crippen molar-refractivity contribution in [2.24, 2.45) is 28.9 Å². The molecule has 3 aliphatic rings. The lowest BCUT2D eigenvalue weighted by Crippen LogP contribution is -2.55. The van der Waals surface area contributed by atoms with E-state index in [1.54, 1.807) is 26.0 Å². The number of aliphatic hydroxyl groups excluding tert-OH is 2. The van der Waals surface area contributed by atoms with Gasteiger partial charge in [0, 0.05) is 17.6 Å². The number of nitrogens with two attached hydrogens (primary N) is 1. The molecule has 3 aliphatic carbocycles. The van der Waals surface area contributed by atoms with Crippen LogP contribution in [0.5, 0.6) is 5.75 Å². The maximum atomic E-state index is 14.1. The Labute approximate surface area is 222 Å². The van der Waals surface area contributed by atoms with Gasteiger partial charge < -0.3 is 30.9 Å². The predicted molar refractivity (Wildman–Crippen MR) is 137 cm³/mol. The van der Waals surface area contributed by atoms with Crippen LogP contribution in [0.3, 0.4) is 0 Å². The van der Waals surface area contributed by atoms with Crippen LogP contribution in [0, 0.1) is 23.2 Å². The summed E-state index contributed by atoms with van der Waals surface area (Å²) in [6.45, 7) is 5.01. The molecule has 0 saturated heterocycles. The van der Waals surface area contributed by atoms with Crippen molar-refractivity contribution in [1.82, 2.24) is 5.16 Å². The number of benzene rings is 1. The number of phenolic OH excluding ortho intramolecular Hbond substituents is 1. The van der Waals surface area contributed by atoms with Crippen molar-refractivity contribution in [3.05, 3.63) is 69.8 Å². The second-order valence-electron chi connectivity index (χ2n) is 10.6. The lowest BCUT2D eigenvalue weighted by atomic mass is 9.51. The molecule has 6 N–H and O–H groups in total. The average molecular weight is 534 g/mol. The van der Waals surface area contributed by atoms with Gasteiger partial charge in [0.1, 0.15) is 22.8 Å². The van der Waals surface area contributed by atoms with Crippen LogP contribution in [0.1, 0.15) is 48.9 Å². The van der Waals surface area contributed by atoms with Crippen molar-refractivity contribution in [3.8, 4) is 5.75 Å². The molecule has 202 valence electrons. The maximum absolute atomic E-state index is 14.1. The number of nitrogens with one attached hydrogen (secondary N) is 1. The summed E-state index contributed by atoms with van der Waals surface area (Å²) in [6.07, 6.45) is 3.45. The first-order valence-corrected chi connectivity index (χ1v) is 12.4. The van der Waals surface area contributed by atoms with Gasteiger partial charge in [0.15, 0.2) is 11.6 Å². The van der Waals surface area contributed by atoms with Crippen LogP contribution in [0.15, 0.2) is 57.5 Å². The number of amides is 2. The van der Waals surface area contributed by atoms with Crippen LogP contribution in [-0.2, 0) is 20.8 Å². The molecule has 1 aromatic carbocycles. The van der Waals surface area contributed by atoms with Crippen LogP contribution in [-0.4, -0.2) is 43.9 Å². The van der Waals surface area contributed by atoms with Crippen molar-refractivity contribution in [2.45, 2.75) is 33.6 Å². The van der Waals surface area contributed by atoms with E-state index in [1.807, 2.05) is 0 Å². The lowest BCUT2D eigenvalue weighted by molar-refractivity contribution is -0.137. The summed E-state index contributed by atoms with van der Waals surface area (Å²) in [5.74, 6) is -7.01. The zero-order valence-electron chi connectivity index (χ0n) is 21.4. The van der Waals surface area contributed by atoms with Gasteiger partial charge in [0.2, 0.25) is 5.76 Å². The number of fused-ring (bicyclic) bond motifs is 3. The highest BCUT2D eigenvalue weighted by Crippen LogP contribution is 2.58. The van der Waals surface area contributed by atoms with Gasteiger partial charge in [-0.3, -0.25) is 19.2 Å². The second kappa shape index (κ2) is 8.97. The van der Waals surface area contributed by atoms with Crippen molar-refractivity contribution in [1.29, 1.82) is 0 Å². The number of anilines is 1. The average Bonchev–Trinajstić information content (AvgIpc) is 3.40. The molecular formula is C28H27N3O8. The molecule has 0 unspecified atom stereocenters. The minimum atomic E-state index is -1.72. The molecule has 1 fully saturated rings. The summed E-state index contributed by atoms with van der Waals surface area (Å²) in [6, 6.07) is 4.43. The Morgan fingerprint density at radius 3 is 2.51 bits per heavy atom. The number of carbonyl (C=O) groups is 4. The zero-order valence-corrected chi connectivity index (χ0v) is 21.4. The summed E-state index contributed by atoms with van der Waals surface area (Å²) < 4.78 is 4.83.